The summed E-state index contributed by atoms with van der Waals surface area (Å²) in [6.45, 7) is 5.39. The Morgan fingerprint density at radius 3 is 2.27 bits per heavy atom. The first kappa shape index (κ1) is 29.1. The van der Waals surface area contributed by atoms with Gasteiger partial charge in [0, 0.05) is 5.92 Å². The molecule has 10 heteroatoms. The van der Waals surface area contributed by atoms with Crippen molar-refractivity contribution < 1.29 is 33.1 Å². The number of nitrogens with zero attached hydrogens (tertiary/aromatic N) is 2. The van der Waals surface area contributed by atoms with Crippen molar-refractivity contribution in [3.63, 3.8) is 0 Å². The Bertz CT molecular complexity index is 1870. The molecule has 0 aromatic heterocycles. The molecular formula is C35H27ClF2N2O5. The molecule has 3 aromatic carbocycles. The van der Waals surface area contributed by atoms with Crippen molar-refractivity contribution in [2.24, 2.45) is 29.1 Å². The van der Waals surface area contributed by atoms with Crippen LogP contribution in [0.3, 0.4) is 0 Å². The van der Waals surface area contributed by atoms with E-state index >= 15 is 0 Å². The molecule has 4 aliphatic rings. The van der Waals surface area contributed by atoms with E-state index in [0.29, 0.717) is 16.8 Å². The van der Waals surface area contributed by atoms with Crippen LogP contribution >= 0.6 is 11.6 Å². The van der Waals surface area contributed by atoms with Crippen molar-refractivity contribution in [1.29, 1.82) is 0 Å². The van der Waals surface area contributed by atoms with Gasteiger partial charge in [0.1, 0.15) is 5.82 Å². The highest BCUT2D eigenvalue weighted by atomic mass is 35.5. The Morgan fingerprint density at radius 1 is 0.889 bits per heavy atom. The summed E-state index contributed by atoms with van der Waals surface area (Å²) >= 11 is 6.03. The number of anilines is 2. The topological polar surface area (TPSA) is 95.0 Å². The molecule has 2 saturated heterocycles. The number of phenols is 1. The average molecular weight is 629 g/mol. The molecule has 0 radical (unpaired) electrons. The second-order valence-electron chi connectivity index (χ2n) is 12.3. The van der Waals surface area contributed by atoms with Gasteiger partial charge in [0.25, 0.3) is 0 Å². The number of aromatic hydroxyl groups is 1. The minimum absolute atomic E-state index is 0.0961. The summed E-state index contributed by atoms with van der Waals surface area (Å²) in [5, 5.41) is 9.70. The summed E-state index contributed by atoms with van der Waals surface area (Å²) < 4.78 is 28.9. The molecule has 0 bridgehead atoms. The smallest absolute Gasteiger partial charge is 0.241 e. The number of halogens is 3. The molecule has 2 heterocycles. The van der Waals surface area contributed by atoms with E-state index in [1.807, 2.05) is 6.08 Å². The van der Waals surface area contributed by atoms with E-state index in [0.717, 1.165) is 22.6 Å². The molecule has 3 fully saturated rings. The van der Waals surface area contributed by atoms with Crippen molar-refractivity contribution in [1.82, 2.24) is 0 Å². The predicted octanol–water partition coefficient (Wildman–Crippen LogP) is 6.40. The Morgan fingerprint density at radius 2 is 1.60 bits per heavy atom. The van der Waals surface area contributed by atoms with Gasteiger partial charge in [0.15, 0.2) is 11.6 Å². The standard InChI is InChI=1S/C35H27ClF2N2O5/c1-3-17-4-7-19(8-5-17)39-31(42)22-11-10-21-23(29(22)33(39)44)16-24-32(43)40(20-9-12-26(37)25(36)15-20)34(45)35(24,2)30(21)18-6-13-28(41)27(38)14-18/h3-10,12-15,22-24,29-30,41H,1,11,16H2,2H3/t22-,23+,24-,29-,30-,35+/m0/s1. The fraction of sp³-hybridized carbons (Fsp3) is 0.257. The van der Waals surface area contributed by atoms with Gasteiger partial charge in [-0.05, 0) is 79.3 Å². The molecular weight excluding hydrogens is 602 g/mol. The Labute approximate surface area is 262 Å². The van der Waals surface area contributed by atoms with E-state index in [-0.39, 0.29) is 29.5 Å². The molecule has 0 spiro atoms. The van der Waals surface area contributed by atoms with Crippen molar-refractivity contribution in [3.05, 3.63) is 107 Å². The Balaban J connectivity index is 1.36. The average Bonchev–Trinajstić information content (AvgIpc) is 3.39. The van der Waals surface area contributed by atoms with E-state index in [9.17, 15) is 33.1 Å². The molecule has 3 aromatic rings. The number of rotatable bonds is 4. The lowest BCUT2D eigenvalue weighted by Gasteiger charge is -2.49. The summed E-state index contributed by atoms with van der Waals surface area (Å²) in [6.07, 6.45) is 3.83. The monoisotopic (exact) mass is 628 g/mol. The molecule has 7 nitrogen and oxygen atoms in total. The van der Waals surface area contributed by atoms with E-state index in [1.165, 1.54) is 29.2 Å². The van der Waals surface area contributed by atoms with Crippen molar-refractivity contribution in [3.8, 4) is 5.75 Å². The van der Waals surface area contributed by atoms with E-state index < -0.39 is 70.1 Å². The van der Waals surface area contributed by atoms with Gasteiger partial charge in [-0.3, -0.25) is 24.1 Å². The number of imide groups is 2. The first-order valence-corrected chi connectivity index (χ1v) is 15.0. The summed E-state index contributed by atoms with van der Waals surface area (Å²) in [5.74, 6) is -7.95. The van der Waals surface area contributed by atoms with Gasteiger partial charge in [-0.1, -0.05) is 54.1 Å². The number of hydrogen-bond acceptors (Lipinski definition) is 5. The van der Waals surface area contributed by atoms with Gasteiger partial charge in [-0.2, -0.15) is 0 Å². The van der Waals surface area contributed by atoms with Crippen LogP contribution in [0.1, 0.15) is 36.8 Å². The zero-order chi connectivity index (χ0) is 31.9. The van der Waals surface area contributed by atoms with Crippen LogP contribution in [0, 0.1) is 40.7 Å². The lowest BCUT2D eigenvalue weighted by Crippen LogP contribution is -2.48. The quantitative estimate of drug-likeness (QED) is 0.266. The van der Waals surface area contributed by atoms with Crippen LogP contribution in [0.4, 0.5) is 20.2 Å². The van der Waals surface area contributed by atoms with Gasteiger partial charge in [-0.15, -0.1) is 0 Å². The van der Waals surface area contributed by atoms with Crippen molar-refractivity contribution >= 4 is 52.7 Å². The number of fused-ring (bicyclic) bond motifs is 4. The van der Waals surface area contributed by atoms with Crippen LogP contribution in [0.25, 0.3) is 6.08 Å². The molecule has 7 rings (SSSR count). The number of carbonyl (C=O) groups is 4. The number of allylic oxidation sites excluding steroid dienone is 2. The van der Waals surface area contributed by atoms with Crippen LogP contribution in [0.2, 0.25) is 5.02 Å². The number of phenolic OH excluding ortho intramolecular Hbond substituents is 1. The van der Waals surface area contributed by atoms with Crippen LogP contribution < -0.4 is 9.80 Å². The second-order valence-corrected chi connectivity index (χ2v) is 12.7. The summed E-state index contributed by atoms with van der Waals surface area (Å²) in [4.78, 5) is 58.6. The van der Waals surface area contributed by atoms with E-state index in [1.54, 1.807) is 37.3 Å². The molecule has 2 aliphatic heterocycles. The highest BCUT2D eigenvalue weighted by molar-refractivity contribution is 6.32. The van der Waals surface area contributed by atoms with Gasteiger partial charge in [0.05, 0.1) is 39.6 Å². The van der Waals surface area contributed by atoms with Crippen molar-refractivity contribution in [2.45, 2.75) is 25.7 Å². The Hall–Kier alpha value is -4.63. The minimum atomic E-state index is -1.43. The van der Waals surface area contributed by atoms with Gasteiger partial charge in [-0.25, -0.2) is 13.7 Å². The number of hydrogen-bond donors (Lipinski definition) is 1. The highest BCUT2D eigenvalue weighted by Crippen LogP contribution is 2.63. The minimum Gasteiger partial charge on any atom is -0.505 e. The number of carbonyl (C=O) groups excluding carboxylic acids is 4. The zero-order valence-corrected chi connectivity index (χ0v) is 24.8. The van der Waals surface area contributed by atoms with E-state index in [2.05, 4.69) is 6.58 Å². The maximum absolute atomic E-state index is 14.9. The lowest BCUT2D eigenvalue weighted by molar-refractivity contribution is -0.131. The van der Waals surface area contributed by atoms with Crippen LogP contribution in [0.5, 0.6) is 5.75 Å². The molecule has 1 saturated carbocycles. The predicted molar refractivity (Wildman–Crippen MR) is 163 cm³/mol. The molecule has 0 unspecified atom stereocenters. The molecule has 1 N–H and O–H groups in total. The normalized spacial score (nSPS) is 29.0. The summed E-state index contributed by atoms with van der Waals surface area (Å²) in [5.41, 5.74) is 0.939. The second kappa shape index (κ2) is 10.2. The summed E-state index contributed by atoms with van der Waals surface area (Å²) in [7, 11) is 0. The fourth-order valence-electron chi connectivity index (χ4n) is 7.98. The van der Waals surface area contributed by atoms with Crippen molar-refractivity contribution in [2.75, 3.05) is 9.80 Å². The van der Waals surface area contributed by atoms with Crippen LogP contribution in [-0.4, -0.2) is 28.7 Å². The largest absolute Gasteiger partial charge is 0.505 e. The molecule has 4 amide bonds. The van der Waals surface area contributed by atoms with Gasteiger partial charge in [0.2, 0.25) is 23.6 Å². The highest BCUT2D eigenvalue weighted by Gasteiger charge is 2.67. The summed E-state index contributed by atoms with van der Waals surface area (Å²) in [6, 6.07) is 14.3. The van der Waals surface area contributed by atoms with E-state index in [4.69, 9.17) is 11.6 Å². The zero-order valence-electron chi connectivity index (χ0n) is 24.0. The lowest BCUT2D eigenvalue weighted by atomic mass is 9.51. The first-order valence-electron chi connectivity index (χ1n) is 14.6. The fourth-order valence-corrected chi connectivity index (χ4v) is 8.16. The van der Waals surface area contributed by atoms with Crippen LogP contribution in [0.15, 0.2) is 78.9 Å². The third kappa shape index (κ3) is 4.06. The molecule has 2 aliphatic carbocycles. The SMILES string of the molecule is C=Cc1ccc(N2C(=O)[C@H]3[C@H](CC=C4[C@H]3C[C@H]3C(=O)N(c5ccc(F)c(Cl)c5)C(=O)[C@@]3(C)[C@H]4c3ccc(O)c(F)c3)C2=O)cc1. The first-order chi connectivity index (χ1) is 21.5. The maximum atomic E-state index is 14.9. The maximum Gasteiger partial charge on any atom is 0.241 e. The molecule has 228 valence electrons. The van der Waals surface area contributed by atoms with Gasteiger partial charge < -0.3 is 5.11 Å². The number of amides is 4. The van der Waals surface area contributed by atoms with Gasteiger partial charge >= 0.3 is 0 Å². The third-order valence-corrected chi connectivity index (χ3v) is 10.4. The number of benzene rings is 3. The van der Waals surface area contributed by atoms with Crippen LogP contribution in [-0.2, 0) is 19.2 Å². The molecule has 45 heavy (non-hydrogen) atoms. The molecule has 6 atom stereocenters. The third-order valence-electron chi connectivity index (χ3n) is 10.1. The Kier molecular flexibility index (Phi) is 6.60.